The van der Waals surface area contributed by atoms with Crippen molar-refractivity contribution >= 4 is 15.9 Å². The van der Waals surface area contributed by atoms with Crippen LogP contribution in [0.25, 0.3) is 5.69 Å². The van der Waals surface area contributed by atoms with Gasteiger partial charge in [-0.25, -0.2) is 4.98 Å². The van der Waals surface area contributed by atoms with Gasteiger partial charge in [-0.3, -0.25) is 9.36 Å². The minimum atomic E-state index is -0.349. The molecule has 2 aromatic rings. The van der Waals surface area contributed by atoms with Gasteiger partial charge in [0.25, 0.3) is 5.56 Å². The first-order valence-corrected chi connectivity index (χ1v) is 5.67. The summed E-state index contributed by atoms with van der Waals surface area (Å²) in [6.45, 7) is 1.64. The zero-order chi connectivity index (χ0) is 12.4. The summed E-state index contributed by atoms with van der Waals surface area (Å²) >= 11 is 3.33. The molecule has 84 valence electrons. The third-order valence-electron chi connectivity index (χ3n) is 2.36. The number of rotatable bonds is 1. The van der Waals surface area contributed by atoms with Crippen molar-refractivity contribution in [3.63, 3.8) is 0 Å². The first-order chi connectivity index (χ1) is 8.13. The van der Waals surface area contributed by atoms with Crippen molar-refractivity contribution in [2.24, 2.45) is 0 Å². The molecule has 0 N–H and O–H groups in total. The van der Waals surface area contributed by atoms with E-state index in [0.717, 1.165) is 4.47 Å². The molecule has 0 atom stereocenters. The van der Waals surface area contributed by atoms with Crippen molar-refractivity contribution in [2.45, 2.75) is 6.92 Å². The van der Waals surface area contributed by atoms with Crippen LogP contribution in [0.15, 0.2) is 39.9 Å². The van der Waals surface area contributed by atoms with Gasteiger partial charge in [0.05, 0.1) is 11.4 Å². The molecule has 0 aliphatic rings. The number of nitrogens with zero attached hydrogens (tertiary/aromatic N) is 3. The maximum Gasteiger partial charge on any atom is 0.276 e. The number of aryl methyl sites for hydroxylation is 1. The fraction of sp³-hybridized carbons (Fsp3) is 0.0833. The lowest BCUT2D eigenvalue weighted by atomic mass is 10.2. The van der Waals surface area contributed by atoms with Gasteiger partial charge < -0.3 is 0 Å². The van der Waals surface area contributed by atoms with Gasteiger partial charge in [-0.1, -0.05) is 22.0 Å². The fourth-order valence-corrected chi connectivity index (χ4v) is 1.86. The summed E-state index contributed by atoms with van der Waals surface area (Å²) in [4.78, 5) is 16.1. The Bertz CT molecular complexity index is 670. The summed E-state index contributed by atoms with van der Waals surface area (Å²) in [5.41, 5.74) is 0.850. The Hall–Kier alpha value is -1.93. The predicted octanol–water partition coefficient (Wildman–Crippen LogP) is 2.18. The van der Waals surface area contributed by atoms with Gasteiger partial charge in [0.2, 0.25) is 0 Å². The van der Waals surface area contributed by atoms with Gasteiger partial charge in [0.15, 0.2) is 0 Å². The van der Waals surface area contributed by atoms with Gasteiger partial charge in [-0.05, 0) is 25.1 Å². The number of benzene rings is 1. The topological polar surface area (TPSA) is 58.7 Å². The Morgan fingerprint density at radius 2 is 2.24 bits per heavy atom. The Morgan fingerprint density at radius 3 is 2.88 bits per heavy atom. The van der Waals surface area contributed by atoms with Crippen molar-refractivity contribution in [1.29, 1.82) is 5.26 Å². The van der Waals surface area contributed by atoms with Crippen molar-refractivity contribution in [1.82, 2.24) is 9.55 Å². The van der Waals surface area contributed by atoms with Crippen LogP contribution in [-0.4, -0.2) is 9.55 Å². The molecule has 2 rings (SSSR count). The van der Waals surface area contributed by atoms with E-state index in [2.05, 4.69) is 20.9 Å². The van der Waals surface area contributed by atoms with E-state index >= 15 is 0 Å². The molecule has 17 heavy (non-hydrogen) atoms. The molecule has 0 fully saturated rings. The molecular formula is C12H8BrN3O. The molecule has 0 amide bonds. The molecule has 0 unspecified atom stereocenters. The summed E-state index contributed by atoms with van der Waals surface area (Å²) in [5, 5.41) is 8.91. The first kappa shape index (κ1) is 11.6. The molecule has 0 aliphatic carbocycles. The lowest BCUT2D eigenvalue weighted by Gasteiger charge is -2.06. The number of hydrogen-bond acceptors (Lipinski definition) is 3. The van der Waals surface area contributed by atoms with Crippen LogP contribution >= 0.6 is 15.9 Å². The largest absolute Gasteiger partial charge is 0.276 e. The third kappa shape index (κ3) is 2.12. The lowest BCUT2D eigenvalue weighted by molar-refractivity contribution is 0.906. The van der Waals surface area contributed by atoms with Gasteiger partial charge >= 0.3 is 0 Å². The molecule has 0 spiro atoms. The maximum atomic E-state index is 12.0. The van der Waals surface area contributed by atoms with E-state index in [1.807, 2.05) is 18.2 Å². The van der Waals surface area contributed by atoms with Crippen LogP contribution in [-0.2, 0) is 0 Å². The molecule has 1 aromatic heterocycles. The Labute approximate surface area is 106 Å². The molecule has 0 saturated carbocycles. The molecule has 0 saturated heterocycles. The Morgan fingerprint density at radius 1 is 1.47 bits per heavy atom. The third-order valence-corrected chi connectivity index (χ3v) is 2.85. The summed E-state index contributed by atoms with van der Waals surface area (Å²) in [6.07, 6.45) is 1.43. The van der Waals surface area contributed by atoms with E-state index in [1.54, 1.807) is 19.1 Å². The molecule has 1 aromatic carbocycles. The smallest absolute Gasteiger partial charge is 0.267 e. The van der Waals surface area contributed by atoms with Crippen molar-refractivity contribution in [3.8, 4) is 11.8 Å². The van der Waals surface area contributed by atoms with Crippen LogP contribution in [0.5, 0.6) is 0 Å². The van der Waals surface area contributed by atoms with Crippen LogP contribution in [0.3, 0.4) is 0 Å². The Balaban J connectivity index is 2.71. The number of aromatic nitrogens is 2. The van der Waals surface area contributed by atoms with Crippen molar-refractivity contribution < 1.29 is 0 Å². The fourth-order valence-electron chi connectivity index (χ4n) is 1.48. The van der Waals surface area contributed by atoms with Crippen LogP contribution < -0.4 is 5.56 Å². The minimum Gasteiger partial charge on any atom is -0.267 e. The highest BCUT2D eigenvalue weighted by Crippen LogP contribution is 2.14. The molecule has 5 heteroatoms. The predicted molar refractivity (Wildman–Crippen MR) is 67.0 cm³/mol. The quantitative estimate of drug-likeness (QED) is 0.808. The van der Waals surface area contributed by atoms with E-state index < -0.39 is 0 Å². The van der Waals surface area contributed by atoms with E-state index in [9.17, 15) is 4.79 Å². The Kier molecular flexibility index (Phi) is 3.07. The monoisotopic (exact) mass is 289 g/mol. The highest BCUT2D eigenvalue weighted by atomic mass is 79.9. The summed E-state index contributed by atoms with van der Waals surface area (Å²) in [5.74, 6) is 0. The average Bonchev–Trinajstić information content (AvgIpc) is 2.29. The number of hydrogen-bond donors (Lipinski definition) is 0. The second-order valence-electron chi connectivity index (χ2n) is 3.47. The summed E-state index contributed by atoms with van der Waals surface area (Å²) < 4.78 is 2.22. The second kappa shape index (κ2) is 4.52. The molecular weight excluding hydrogens is 282 g/mol. The normalized spacial score (nSPS) is 9.94. The van der Waals surface area contributed by atoms with Gasteiger partial charge in [-0.2, -0.15) is 5.26 Å². The van der Waals surface area contributed by atoms with E-state index in [0.29, 0.717) is 11.4 Å². The SMILES string of the molecule is Cc1ncn(-c2cccc(Br)c2)c(=O)c1C#N. The zero-order valence-corrected chi connectivity index (χ0v) is 10.6. The van der Waals surface area contributed by atoms with Crippen molar-refractivity contribution in [2.75, 3.05) is 0 Å². The number of halogens is 1. The first-order valence-electron chi connectivity index (χ1n) is 4.88. The minimum absolute atomic E-state index is 0.0764. The second-order valence-corrected chi connectivity index (χ2v) is 4.39. The summed E-state index contributed by atoms with van der Waals surface area (Å²) in [7, 11) is 0. The highest BCUT2D eigenvalue weighted by molar-refractivity contribution is 9.10. The molecule has 0 aliphatic heterocycles. The number of nitriles is 1. The van der Waals surface area contributed by atoms with Crippen LogP contribution in [0.2, 0.25) is 0 Å². The van der Waals surface area contributed by atoms with Crippen LogP contribution in [0, 0.1) is 18.3 Å². The van der Waals surface area contributed by atoms with E-state index in [4.69, 9.17) is 5.26 Å². The van der Waals surface area contributed by atoms with Gasteiger partial charge in [0.1, 0.15) is 18.0 Å². The molecule has 0 bridgehead atoms. The zero-order valence-electron chi connectivity index (χ0n) is 9.01. The summed E-state index contributed by atoms with van der Waals surface area (Å²) in [6, 6.07) is 9.13. The molecule has 4 nitrogen and oxygen atoms in total. The highest BCUT2D eigenvalue weighted by Gasteiger charge is 2.08. The van der Waals surface area contributed by atoms with E-state index in [1.165, 1.54) is 10.9 Å². The molecule has 0 radical (unpaired) electrons. The van der Waals surface area contributed by atoms with Gasteiger partial charge in [-0.15, -0.1) is 0 Å². The van der Waals surface area contributed by atoms with Crippen LogP contribution in [0.4, 0.5) is 0 Å². The van der Waals surface area contributed by atoms with Gasteiger partial charge in [0, 0.05) is 4.47 Å². The standard InChI is InChI=1S/C12H8BrN3O/c1-8-11(6-14)12(17)16(7-15-8)10-4-2-3-9(13)5-10/h2-5,7H,1H3. The van der Waals surface area contributed by atoms with E-state index in [-0.39, 0.29) is 11.1 Å². The lowest BCUT2D eigenvalue weighted by Crippen LogP contribution is -2.22. The van der Waals surface area contributed by atoms with Crippen LogP contribution in [0.1, 0.15) is 11.3 Å². The maximum absolute atomic E-state index is 12.0. The molecule has 1 heterocycles. The van der Waals surface area contributed by atoms with Crippen molar-refractivity contribution in [3.05, 3.63) is 56.7 Å². The average molecular weight is 290 g/mol.